The Morgan fingerprint density at radius 2 is 2.30 bits per heavy atom. The lowest BCUT2D eigenvalue weighted by atomic mass is 10.1. The first kappa shape index (κ1) is 12.1. The molecule has 0 spiro atoms. The van der Waals surface area contributed by atoms with E-state index >= 15 is 0 Å². The van der Waals surface area contributed by atoms with Gasteiger partial charge in [0, 0.05) is 0 Å². The van der Waals surface area contributed by atoms with Crippen molar-refractivity contribution in [3.63, 3.8) is 0 Å². The third-order valence-corrected chi connectivity index (χ3v) is 1.20. The molecular weight excluding hydrogens is 144 g/mol. The van der Waals surface area contributed by atoms with Crippen molar-refractivity contribution in [3.05, 3.63) is 12.7 Å². The maximum Gasteiger partial charge on any atom is 0.310 e. The van der Waals surface area contributed by atoms with Crippen molar-refractivity contribution < 1.29 is 9.90 Å². The van der Waals surface area contributed by atoms with Gasteiger partial charge in [-0.05, 0) is 17.4 Å². The predicted octanol–water partition coefficient (Wildman–Crippen LogP) is 0.222. The first-order valence-corrected chi connectivity index (χ1v) is 3.07. The Kier molecular flexibility index (Phi) is 7.94. The molecule has 0 aliphatic heterocycles. The molecule has 0 fully saturated rings. The van der Waals surface area contributed by atoms with Gasteiger partial charge in [0.1, 0.15) is 0 Å². The van der Waals surface area contributed by atoms with Crippen molar-refractivity contribution in [1.29, 1.82) is 0 Å². The molecule has 0 saturated carbocycles. The third-order valence-electron chi connectivity index (χ3n) is 1.20. The monoisotopic (exact) mass is 160 g/mol. The van der Waals surface area contributed by atoms with Crippen LogP contribution < -0.4 is 0 Å². The van der Waals surface area contributed by atoms with Gasteiger partial charge < -0.3 is 5.11 Å². The maximum atomic E-state index is 10.2. The molecule has 1 unspecified atom stereocenters. The van der Waals surface area contributed by atoms with Crippen molar-refractivity contribution in [3.8, 4) is 0 Å². The van der Waals surface area contributed by atoms with Gasteiger partial charge in [0.25, 0.3) is 0 Å². The molecule has 0 bridgehead atoms. The highest BCUT2D eigenvalue weighted by atomic mass is 28.1. The van der Waals surface area contributed by atoms with E-state index in [-0.39, 0.29) is 16.9 Å². The van der Waals surface area contributed by atoms with Crippen molar-refractivity contribution in [2.75, 3.05) is 0 Å². The van der Waals surface area contributed by atoms with Gasteiger partial charge in [-0.3, -0.25) is 4.79 Å². The molecule has 60 valence electrons. The molecule has 0 heterocycles. The number of carbonyl (C=O) groups is 1. The largest absolute Gasteiger partial charge is 0.481 e. The Morgan fingerprint density at radius 3 is 2.40 bits per heavy atom. The lowest BCUT2D eigenvalue weighted by Gasteiger charge is -2.02. The van der Waals surface area contributed by atoms with Crippen LogP contribution in [0.15, 0.2) is 12.7 Å². The van der Waals surface area contributed by atoms with E-state index in [9.17, 15) is 4.79 Å². The predicted molar refractivity (Wildman–Crippen MR) is 47.6 cm³/mol. The highest BCUT2D eigenvalue weighted by Crippen LogP contribution is 2.06. The molecule has 0 aromatic heterocycles. The number of rotatable bonds is 4. The van der Waals surface area contributed by atoms with Gasteiger partial charge in [-0.2, -0.15) is 0 Å². The van der Waals surface area contributed by atoms with Crippen LogP contribution in [0.5, 0.6) is 0 Å². The minimum Gasteiger partial charge on any atom is -0.481 e. The van der Waals surface area contributed by atoms with Gasteiger partial charge in [-0.1, -0.05) is 19.4 Å². The second kappa shape index (κ2) is 6.55. The first-order chi connectivity index (χ1) is 4.22. The van der Waals surface area contributed by atoms with Crippen LogP contribution in [0.3, 0.4) is 0 Å². The van der Waals surface area contributed by atoms with Gasteiger partial charge in [0.2, 0.25) is 0 Å². The van der Waals surface area contributed by atoms with Gasteiger partial charge >= 0.3 is 5.97 Å². The highest BCUT2D eigenvalue weighted by molar-refractivity contribution is 5.75. The summed E-state index contributed by atoms with van der Waals surface area (Å²) >= 11 is 0. The fourth-order valence-electron chi connectivity index (χ4n) is 0.653. The SMILES string of the molecule is C=CC(CCC)C(=O)O.[SiH4]. The molecule has 0 radical (unpaired) electrons. The van der Waals surface area contributed by atoms with Crippen LogP contribution in [-0.4, -0.2) is 22.0 Å². The summed E-state index contributed by atoms with van der Waals surface area (Å²) in [5.74, 6) is -1.12. The summed E-state index contributed by atoms with van der Waals surface area (Å²) in [5, 5.41) is 8.43. The van der Waals surface area contributed by atoms with Gasteiger partial charge in [0.15, 0.2) is 0 Å². The van der Waals surface area contributed by atoms with Crippen LogP contribution >= 0.6 is 0 Å². The molecular formula is C7H16O2Si. The number of hydrogen-bond acceptors (Lipinski definition) is 1. The van der Waals surface area contributed by atoms with Crippen LogP contribution in [0.1, 0.15) is 19.8 Å². The van der Waals surface area contributed by atoms with E-state index in [1.165, 1.54) is 6.08 Å². The first-order valence-electron chi connectivity index (χ1n) is 3.07. The number of hydrogen-bond donors (Lipinski definition) is 1. The van der Waals surface area contributed by atoms with Crippen molar-refractivity contribution >= 4 is 16.9 Å². The normalized spacial score (nSPS) is 11.3. The van der Waals surface area contributed by atoms with Crippen LogP contribution in [0, 0.1) is 5.92 Å². The minimum atomic E-state index is -0.771. The third kappa shape index (κ3) is 4.32. The van der Waals surface area contributed by atoms with E-state index in [2.05, 4.69) is 6.58 Å². The summed E-state index contributed by atoms with van der Waals surface area (Å²) in [6.45, 7) is 5.38. The molecule has 0 amide bonds. The molecule has 10 heavy (non-hydrogen) atoms. The molecule has 0 aliphatic carbocycles. The zero-order valence-corrected chi connectivity index (χ0v) is 5.63. The zero-order chi connectivity index (χ0) is 7.28. The highest BCUT2D eigenvalue weighted by Gasteiger charge is 2.09. The summed E-state index contributed by atoms with van der Waals surface area (Å²) in [6.07, 6.45) is 3.06. The molecule has 0 aliphatic rings. The maximum absolute atomic E-state index is 10.2. The van der Waals surface area contributed by atoms with Crippen LogP contribution in [0.4, 0.5) is 0 Å². The summed E-state index contributed by atoms with van der Waals surface area (Å²) in [6, 6.07) is 0. The zero-order valence-electron chi connectivity index (χ0n) is 5.63. The van der Waals surface area contributed by atoms with E-state index in [0.29, 0.717) is 6.42 Å². The fraction of sp³-hybridized carbons (Fsp3) is 0.571. The number of carboxylic acid groups (broad SMARTS) is 1. The molecule has 0 aromatic carbocycles. The summed E-state index contributed by atoms with van der Waals surface area (Å²) in [5.41, 5.74) is 0. The molecule has 0 saturated heterocycles. The Bertz CT molecular complexity index is 112. The van der Waals surface area contributed by atoms with Gasteiger partial charge in [0.05, 0.1) is 5.92 Å². The average molecular weight is 160 g/mol. The van der Waals surface area contributed by atoms with Gasteiger partial charge in [-0.25, -0.2) is 0 Å². The lowest BCUT2D eigenvalue weighted by Crippen LogP contribution is -2.09. The van der Waals surface area contributed by atoms with E-state index < -0.39 is 5.97 Å². The lowest BCUT2D eigenvalue weighted by molar-refractivity contribution is -0.140. The Hall–Kier alpha value is -0.573. The summed E-state index contributed by atoms with van der Waals surface area (Å²) in [7, 11) is 0. The van der Waals surface area contributed by atoms with Gasteiger partial charge in [-0.15, -0.1) is 6.58 Å². The van der Waals surface area contributed by atoms with Crippen molar-refractivity contribution in [1.82, 2.24) is 0 Å². The topological polar surface area (TPSA) is 37.3 Å². The van der Waals surface area contributed by atoms with E-state index in [1.807, 2.05) is 6.92 Å². The number of carboxylic acids is 1. The molecule has 3 heteroatoms. The second-order valence-electron chi connectivity index (χ2n) is 1.97. The molecule has 0 rings (SSSR count). The van der Waals surface area contributed by atoms with E-state index in [0.717, 1.165) is 6.42 Å². The summed E-state index contributed by atoms with van der Waals surface area (Å²) < 4.78 is 0. The van der Waals surface area contributed by atoms with Crippen LogP contribution in [0.25, 0.3) is 0 Å². The number of aliphatic carboxylic acids is 1. The molecule has 0 aromatic rings. The minimum absolute atomic E-state index is 0. The smallest absolute Gasteiger partial charge is 0.310 e. The van der Waals surface area contributed by atoms with Crippen molar-refractivity contribution in [2.24, 2.45) is 5.92 Å². The Morgan fingerprint density at radius 1 is 1.80 bits per heavy atom. The van der Waals surface area contributed by atoms with Crippen molar-refractivity contribution in [2.45, 2.75) is 19.8 Å². The Balaban J connectivity index is 0. The Labute approximate surface area is 66.0 Å². The molecule has 2 nitrogen and oxygen atoms in total. The van der Waals surface area contributed by atoms with E-state index in [1.54, 1.807) is 0 Å². The quantitative estimate of drug-likeness (QED) is 0.472. The standard InChI is InChI=1S/C7H12O2.H4Si/c1-3-5-6(4-2)7(8)9;/h4,6H,2-3,5H2,1H3,(H,8,9);1H4. The molecule has 1 atom stereocenters. The average Bonchev–Trinajstić information content (AvgIpc) is 1.82. The summed E-state index contributed by atoms with van der Waals surface area (Å²) in [4.78, 5) is 10.2. The van der Waals surface area contributed by atoms with Crippen LogP contribution in [-0.2, 0) is 4.79 Å². The fourth-order valence-corrected chi connectivity index (χ4v) is 0.653. The van der Waals surface area contributed by atoms with E-state index in [4.69, 9.17) is 5.11 Å². The second-order valence-corrected chi connectivity index (χ2v) is 1.97. The molecule has 1 N–H and O–H groups in total. The van der Waals surface area contributed by atoms with Crippen LogP contribution in [0.2, 0.25) is 0 Å².